The minimum absolute atomic E-state index is 0.0562. The average molecular weight is 950 g/mol. The molecule has 0 spiro atoms. The topological polar surface area (TPSA) is 61.8 Å². The first-order valence-corrected chi connectivity index (χ1v) is 29.5. The zero-order chi connectivity index (χ0) is 49.2. The minimum atomic E-state index is -0.561. The second kappa shape index (κ2) is 58.7. The molecule has 5 nitrogen and oxygen atoms in total. The van der Waals surface area contributed by atoms with Crippen LogP contribution in [0.4, 0.5) is 0 Å². The van der Waals surface area contributed by atoms with E-state index in [1.165, 1.54) is 186 Å². The van der Waals surface area contributed by atoms with Crippen LogP contribution in [0.25, 0.3) is 0 Å². The molecule has 1 atom stereocenters. The van der Waals surface area contributed by atoms with E-state index < -0.39 is 6.10 Å². The van der Waals surface area contributed by atoms with Gasteiger partial charge in [-0.2, -0.15) is 0 Å². The van der Waals surface area contributed by atoms with Crippen molar-refractivity contribution in [3.8, 4) is 0 Å². The third-order valence-electron chi connectivity index (χ3n) is 12.7. The summed E-state index contributed by atoms with van der Waals surface area (Å²) in [5.41, 5.74) is 0. The van der Waals surface area contributed by atoms with Gasteiger partial charge in [0.2, 0.25) is 0 Å². The fourth-order valence-corrected chi connectivity index (χ4v) is 8.30. The smallest absolute Gasteiger partial charge is 0.306 e. The van der Waals surface area contributed by atoms with Gasteiger partial charge in [-0.1, -0.05) is 261 Å². The van der Waals surface area contributed by atoms with Crippen molar-refractivity contribution in [2.75, 3.05) is 19.8 Å². The van der Waals surface area contributed by atoms with Crippen LogP contribution in [0.3, 0.4) is 0 Å². The van der Waals surface area contributed by atoms with E-state index in [-0.39, 0.29) is 25.2 Å². The number of carbonyl (C=O) groups is 2. The molecule has 0 unspecified atom stereocenters. The van der Waals surface area contributed by atoms with Crippen LogP contribution in [0.2, 0.25) is 0 Å². The third-order valence-corrected chi connectivity index (χ3v) is 12.7. The van der Waals surface area contributed by atoms with Crippen LogP contribution in [-0.4, -0.2) is 37.9 Å². The van der Waals surface area contributed by atoms with Gasteiger partial charge in [-0.3, -0.25) is 9.59 Å². The van der Waals surface area contributed by atoms with Crippen molar-refractivity contribution in [3.05, 3.63) is 72.9 Å². The molecule has 0 radical (unpaired) electrons. The zero-order valence-electron chi connectivity index (χ0n) is 45.4. The number of unbranched alkanes of at least 4 members (excludes halogenated alkanes) is 31. The van der Waals surface area contributed by atoms with Crippen LogP contribution < -0.4 is 0 Å². The van der Waals surface area contributed by atoms with Crippen molar-refractivity contribution in [3.63, 3.8) is 0 Å². The number of carbonyl (C=O) groups excluding carboxylic acids is 2. The van der Waals surface area contributed by atoms with E-state index in [9.17, 15) is 9.59 Å². The predicted octanol–water partition coefficient (Wildman–Crippen LogP) is 20.2. The number of esters is 2. The SMILES string of the molecule is CCCCC/C=C\C/C=C\C/C=C\C/C=C\CCCC(=O)OC[C@@H](COCCCCCCCCCCCCCCCCCC)OC(=O)CCCCCCCCCCC/C=C\C/C=C\CCCCC. The van der Waals surface area contributed by atoms with E-state index in [1.807, 2.05) is 0 Å². The van der Waals surface area contributed by atoms with Gasteiger partial charge in [-0.05, 0) is 89.9 Å². The van der Waals surface area contributed by atoms with E-state index >= 15 is 0 Å². The second-order valence-electron chi connectivity index (χ2n) is 19.5. The fraction of sp³-hybridized carbons (Fsp3) is 0.778. The zero-order valence-corrected chi connectivity index (χ0v) is 45.4. The molecule has 0 heterocycles. The van der Waals surface area contributed by atoms with Gasteiger partial charge in [0.25, 0.3) is 0 Å². The van der Waals surface area contributed by atoms with E-state index in [0.717, 1.165) is 70.6 Å². The molecule has 0 aliphatic heterocycles. The number of hydrogen-bond donors (Lipinski definition) is 0. The number of rotatable bonds is 54. The lowest BCUT2D eigenvalue weighted by atomic mass is 10.0. The van der Waals surface area contributed by atoms with Crippen LogP contribution in [0.1, 0.15) is 290 Å². The highest BCUT2D eigenvalue weighted by molar-refractivity contribution is 5.70. The highest BCUT2D eigenvalue weighted by Gasteiger charge is 2.17. The summed E-state index contributed by atoms with van der Waals surface area (Å²) in [6.45, 7) is 7.76. The predicted molar refractivity (Wildman–Crippen MR) is 297 cm³/mol. The summed E-state index contributed by atoms with van der Waals surface area (Å²) in [6, 6.07) is 0. The van der Waals surface area contributed by atoms with E-state index in [2.05, 4.69) is 93.7 Å². The van der Waals surface area contributed by atoms with Gasteiger partial charge < -0.3 is 14.2 Å². The Morgan fingerprint density at radius 2 is 0.632 bits per heavy atom. The Balaban J connectivity index is 4.34. The number of allylic oxidation sites excluding steroid dienone is 12. The van der Waals surface area contributed by atoms with E-state index in [4.69, 9.17) is 14.2 Å². The lowest BCUT2D eigenvalue weighted by molar-refractivity contribution is -0.163. The molecule has 0 saturated carbocycles. The van der Waals surface area contributed by atoms with Crippen molar-refractivity contribution in [2.45, 2.75) is 297 Å². The monoisotopic (exact) mass is 949 g/mol. The van der Waals surface area contributed by atoms with Crippen molar-refractivity contribution >= 4 is 11.9 Å². The van der Waals surface area contributed by atoms with Crippen LogP contribution in [0.5, 0.6) is 0 Å². The van der Waals surface area contributed by atoms with Crippen molar-refractivity contribution in [2.24, 2.45) is 0 Å². The van der Waals surface area contributed by atoms with Gasteiger partial charge in [-0.15, -0.1) is 0 Å². The Hall–Kier alpha value is -2.66. The molecule has 0 aliphatic carbocycles. The Morgan fingerprint density at radius 3 is 1.06 bits per heavy atom. The van der Waals surface area contributed by atoms with Crippen LogP contribution in [0.15, 0.2) is 72.9 Å². The molecule has 394 valence electrons. The average Bonchev–Trinajstić information content (AvgIpc) is 3.34. The van der Waals surface area contributed by atoms with Gasteiger partial charge in [0, 0.05) is 19.4 Å². The van der Waals surface area contributed by atoms with E-state index in [0.29, 0.717) is 19.4 Å². The maximum atomic E-state index is 12.9. The van der Waals surface area contributed by atoms with Gasteiger partial charge in [-0.25, -0.2) is 0 Å². The third kappa shape index (κ3) is 55.9. The van der Waals surface area contributed by atoms with E-state index in [1.54, 1.807) is 0 Å². The molecule has 0 rings (SSSR count). The molecular formula is C63H112O5. The highest BCUT2D eigenvalue weighted by Crippen LogP contribution is 2.16. The second-order valence-corrected chi connectivity index (χ2v) is 19.5. The maximum absolute atomic E-state index is 12.9. The normalized spacial score (nSPS) is 12.7. The summed E-state index contributed by atoms with van der Waals surface area (Å²) in [5, 5.41) is 0. The molecule has 0 saturated heterocycles. The summed E-state index contributed by atoms with van der Waals surface area (Å²) >= 11 is 0. The molecule has 0 aromatic rings. The first-order valence-electron chi connectivity index (χ1n) is 29.5. The summed E-state index contributed by atoms with van der Waals surface area (Å²) in [7, 11) is 0. The Bertz CT molecular complexity index is 1210. The van der Waals surface area contributed by atoms with Gasteiger partial charge >= 0.3 is 11.9 Å². The maximum Gasteiger partial charge on any atom is 0.306 e. The molecule has 0 aromatic heterocycles. The Kier molecular flexibility index (Phi) is 56.4. The molecular weight excluding hydrogens is 837 g/mol. The summed E-state index contributed by atoms with van der Waals surface area (Å²) in [6.07, 6.45) is 76.4. The fourth-order valence-electron chi connectivity index (χ4n) is 8.30. The summed E-state index contributed by atoms with van der Waals surface area (Å²) < 4.78 is 17.4. The number of hydrogen-bond acceptors (Lipinski definition) is 5. The molecule has 0 aromatic carbocycles. The first kappa shape index (κ1) is 65.3. The van der Waals surface area contributed by atoms with Gasteiger partial charge in [0.1, 0.15) is 6.61 Å². The van der Waals surface area contributed by atoms with Crippen molar-refractivity contribution in [1.29, 1.82) is 0 Å². The van der Waals surface area contributed by atoms with Crippen LogP contribution in [0, 0.1) is 0 Å². The first-order chi connectivity index (χ1) is 33.6. The minimum Gasteiger partial charge on any atom is -0.462 e. The summed E-state index contributed by atoms with van der Waals surface area (Å²) in [4.78, 5) is 25.5. The van der Waals surface area contributed by atoms with Crippen LogP contribution >= 0.6 is 0 Å². The molecule has 68 heavy (non-hydrogen) atoms. The van der Waals surface area contributed by atoms with Gasteiger partial charge in [0.05, 0.1) is 6.61 Å². The Morgan fingerprint density at radius 1 is 0.324 bits per heavy atom. The summed E-state index contributed by atoms with van der Waals surface area (Å²) in [5.74, 6) is -0.456. The molecule has 0 fully saturated rings. The lowest BCUT2D eigenvalue weighted by Gasteiger charge is -2.18. The largest absolute Gasteiger partial charge is 0.462 e. The van der Waals surface area contributed by atoms with Crippen molar-refractivity contribution in [1.82, 2.24) is 0 Å². The number of ether oxygens (including phenoxy) is 3. The van der Waals surface area contributed by atoms with Crippen molar-refractivity contribution < 1.29 is 23.8 Å². The van der Waals surface area contributed by atoms with Crippen LogP contribution in [-0.2, 0) is 23.8 Å². The van der Waals surface area contributed by atoms with Gasteiger partial charge in [0.15, 0.2) is 6.10 Å². The molecule has 5 heteroatoms. The standard InChI is InChI=1S/C63H112O5/c1-4-7-10-13-16-19-22-25-28-31-32-34-36-39-42-45-48-51-54-57-63(65)68-61(59-66-58-55-52-49-46-43-40-37-30-27-24-21-18-15-12-9-6-3)60-67-62(64)56-53-50-47-44-41-38-35-33-29-26-23-20-17-14-11-8-5-2/h16-17,19-20,25-26,28-29,35,38,44,47,61H,4-15,18,21-24,27,30-34,36-37,39-43,45-46,48-60H2,1-3H3/b19-16-,20-17-,28-25-,29-26-,38-35-,47-44-/t61-/m1/s1. The quantitative estimate of drug-likeness (QED) is 0.0345. The Labute approximate surface area is 423 Å². The lowest BCUT2D eigenvalue weighted by Crippen LogP contribution is -2.30. The molecule has 0 amide bonds. The molecule has 0 bridgehead atoms. The molecule has 0 N–H and O–H groups in total. The molecule has 0 aliphatic rings. The highest BCUT2D eigenvalue weighted by atomic mass is 16.6.